The van der Waals surface area contributed by atoms with Gasteiger partial charge in [-0.15, -0.1) is 0 Å². The van der Waals surface area contributed by atoms with Crippen LogP contribution >= 0.6 is 0 Å². The standard InChI is InChI=1S/C16H21N3O2/c1-4-17-14-9-15(19-16(18-14)11(2)3)21-13-8-6-5-7-12(13)10-20/h5-9,11,20H,4,10H2,1-3H3,(H,17,18,19). The zero-order valence-corrected chi connectivity index (χ0v) is 12.6. The number of aliphatic hydroxyl groups excluding tert-OH is 1. The van der Waals surface area contributed by atoms with E-state index in [0.717, 1.165) is 23.8 Å². The molecule has 1 aromatic carbocycles. The fraction of sp³-hybridized carbons (Fsp3) is 0.375. The van der Waals surface area contributed by atoms with Gasteiger partial charge in [0.1, 0.15) is 17.4 Å². The van der Waals surface area contributed by atoms with Gasteiger partial charge >= 0.3 is 0 Å². The molecule has 1 heterocycles. The second kappa shape index (κ2) is 7.04. The molecule has 2 N–H and O–H groups in total. The quantitative estimate of drug-likeness (QED) is 0.853. The molecule has 5 heteroatoms. The van der Waals surface area contributed by atoms with E-state index in [1.807, 2.05) is 45.0 Å². The van der Waals surface area contributed by atoms with Gasteiger partial charge in [-0.1, -0.05) is 32.0 Å². The van der Waals surface area contributed by atoms with Crippen LogP contribution in [0.15, 0.2) is 30.3 Å². The van der Waals surface area contributed by atoms with E-state index in [4.69, 9.17) is 4.74 Å². The average molecular weight is 287 g/mol. The SMILES string of the molecule is CCNc1cc(Oc2ccccc2CO)nc(C(C)C)n1. The smallest absolute Gasteiger partial charge is 0.224 e. The van der Waals surface area contributed by atoms with Crippen LogP contribution in [0.2, 0.25) is 0 Å². The number of ether oxygens (including phenoxy) is 1. The predicted molar refractivity (Wildman–Crippen MR) is 82.7 cm³/mol. The molecule has 5 nitrogen and oxygen atoms in total. The molecule has 2 aromatic rings. The van der Waals surface area contributed by atoms with Gasteiger partial charge in [0.15, 0.2) is 0 Å². The summed E-state index contributed by atoms with van der Waals surface area (Å²) in [6.45, 7) is 6.80. The van der Waals surface area contributed by atoms with Crippen LogP contribution in [0.1, 0.15) is 38.1 Å². The Kier molecular flexibility index (Phi) is 5.11. The highest BCUT2D eigenvalue weighted by molar-refractivity contribution is 5.42. The minimum absolute atomic E-state index is 0.0711. The van der Waals surface area contributed by atoms with Crippen LogP contribution < -0.4 is 10.1 Å². The van der Waals surface area contributed by atoms with E-state index in [1.165, 1.54) is 0 Å². The van der Waals surface area contributed by atoms with E-state index >= 15 is 0 Å². The Bertz CT molecular complexity index is 600. The number of nitrogens with one attached hydrogen (secondary N) is 1. The summed E-state index contributed by atoms with van der Waals surface area (Å²) in [6, 6.07) is 9.14. The number of rotatable bonds is 6. The average Bonchev–Trinajstić information content (AvgIpc) is 2.48. The Hall–Kier alpha value is -2.14. The molecule has 0 aliphatic rings. The van der Waals surface area contributed by atoms with Gasteiger partial charge in [0, 0.05) is 24.1 Å². The summed E-state index contributed by atoms with van der Waals surface area (Å²) < 4.78 is 5.83. The lowest BCUT2D eigenvalue weighted by Crippen LogP contribution is -2.06. The summed E-state index contributed by atoms with van der Waals surface area (Å²) in [4.78, 5) is 8.89. The molecule has 0 aliphatic heterocycles. The van der Waals surface area contributed by atoms with E-state index in [0.29, 0.717) is 11.6 Å². The van der Waals surface area contributed by atoms with E-state index in [-0.39, 0.29) is 12.5 Å². The van der Waals surface area contributed by atoms with E-state index < -0.39 is 0 Å². The van der Waals surface area contributed by atoms with Crippen molar-refractivity contribution in [2.45, 2.75) is 33.3 Å². The second-order valence-corrected chi connectivity index (χ2v) is 5.00. The molecule has 1 aromatic heterocycles. The number of hydrogen-bond donors (Lipinski definition) is 2. The van der Waals surface area contributed by atoms with Gasteiger partial charge in [-0.2, -0.15) is 4.98 Å². The number of benzene rings is 1. The Morgan fingerprint density at radius 2 is 2.00 bits per heavy atom. The first-order valence-corrected chi connectivity index (χ1v) is 7.13. The van der Waals surface area contributed by atoms with Gasteiger partial charge < -0.3 is 15.2 Å². The first kappa shape index (κ1) is 15.3. The Morgan fingerprint density at radius 1 is 1.24 bits per heavy atom. The Morgan fingerprint density at radius 3 is 2.67 bits per heavy atom. The number of aliphatic hydroxyl groups is 1. The minimum atomic E-state index is -0.0711. The Balaban J connectivity index is 2.34. The molecule has 0 bridgehead atoms. The van der Waals surface area contributed by atoms with Gasteiger partial charge in [0.25, 0.3) is 0 Å². The summed E-state index contributed by atoms with van der Waals surface area (Å²) in [5, 5.41) is 12.5. The monoisotopic (exact) mass is 287 g/mol. The van der Waals surface area contributed by atoms with E-state index in [9.17, 15) is 5.11 Å². The van der Waals surface area contributed by atoms with Crippen molar-refractivity contribution in [3.05, 3.63) is 41.7 Å². The highest BCUT2D eigenvalue weighted by atomic mass is 16.5. The van der Waals surface area contributed by atoms with E-state index in [1.54, 1.807) is 6.07 Å². The molecule has 0 saturated carbocycles. The van der Waals surface area contributed by atoms with Gasteiger partial charge in [0.2, 0.25) is 5.88 Å². The summed E-state index contributed by atoms with van der Waals surface area (Å²) in [5.41, 5.74) is 0.729. The van der Waals surface area contributed by atoms with Crippen molar-refractivity contribution in [3.63, 3.8) is 0 Å². The molecule has 0 fully saturated rings. The fourth-order valence-corrected chi connectivity index (χ4v) is 1.87. The molecule has 0 aliphatic carbocycles. The maximum atomic E-state index is 9.35. The van der Waals surface area contributed by atoms with Gasteiger partial charge in [-0.05, 0) is 13.0 Å². The first-order chi connectivity index (χ1) is 10.1. The molecule has 0 radical (unpaired) electrons. The fourth-order valence-electron chi connectivity index (χ4n) is 1.87. The summed E-state index contributed by atoms with van der Waals surface area (Å²) in [7, 11) is 0. The van der Waals surface area contributed by atoms with Crippen LogP contribution in [-0.2, 0) is 6.61 Å². The van der Waals surface area contributed by atoms with Crippen LogP contribution in [0.25, 0.3) is 0 Å². The number of hydrogen-bond acceptors (Lipinski definition) is 5. The van der Waals surface area contributed by atoms with Crippen molar-refractivity contribution in [2.24, 2.45) is 0 Å². The molecule has 112 valence electrons. The summed E-state index contributed by atoms with van der Waals surface area (Å²) in [6.07, 6.45) is 0. The summed E-state index contributed by atoms with van der Waals surface area (Å²) >= 11 is 0. The highest BCUT2D eigenvalue weighted by Crippen LogP contribution is 2.26. The zero-order valence-electron chi connectivity index (χ0n) is 12.6. The largest absolute Gasteiger partial charge is 0.438 e. The third-order valence-electron chi connectivity index (χ3n) is 2.95. The van der Waals surface area contributed by atoms with Crippen LogP contribution in [0.4, 0.5) is 5.82 Å². The molecule has 0 saturated heterocycles. The summed E-state index contributed by atoms with van der Waals surface area (Å²) in [5.74, 6) is 2.76. The van der Waals surface area contributed by atoms with Crippen molar-refractivity contribution in [3.8, 4) is 11.6 Å². The maximum Gasteiger partial charge on any atom is 0.224 e. The third-order valence-corrected chi connectivity index (χ3v) is 2.95. The van der Waals surface area contributed by atoms with Crippen LogP contribution in [0.5, 0.6) is 11.6 Å². The molecular formula is C16H21N3O2. The number of anilines is 1. The van der Waals surface area contributed by atoms with Gasteiger partial charge in [-0.3, -0.25) is 0 Å². The van der Waals surface area contributed by atoms with Gasteiger partial charge in [-0.25, -0.2) is 4.98 Å². The minimum Gasteiger partial charge on any atom is -0.438 e. The van der Waals surface area contributed by atoms with Crippen molar-refractivity contribution in [1.29, 1.82) is 0 Å². The van der Waals surface area contributed by atoms with Gasteiger partial charge in [0.05, 0.1) is 6.61 Å². The third kappa shape index (κ3) is 3.92. The molecule has 0 atom stereocenters. The van der Waals surface area contributed by atoms with E-state index in [2.05, 4.69) is 15.3 Å². The molecule has 0 unspecified atom stereocenters. The topological polar surface area (TPSA) is 67.3 Å². The molecule has 2 rings (SSSR count). The lowest BCUT2D eigenvalue weighted by Gasteiger charge is -2.13. The molecule has 0 spiro atoms. The van der Waals surface area contributed by atoms with Crippen molar-refractivity contribution >= 4 is 5.82 Å². The van der Waals surface area contributed by atoms with Crippen LogP contribution in [-0.4, -0.2) is 21.6 Å². The van der Waals surface area contributed by atoms with Crippen molar-refractivity contribution in [2.75, 3.05) is 11.9 Å². The normalized spacial score (nSPS) is 10.7. The van der Waals surface area contributed by atoms with Crippen LogP contribution in [0.3, 0.4) is 0 Å². The lowest BCUT2D eigenvalue weighted by molar-refractivity contribution is 0.276. The molecular weight excluding hydrogens is 266 g/mol. The van der Waals surface area contributed by atoms with Crippen molar-refractivity contribution < 1.29 is 9.84 Å². The first-order valence-electron chi connectivity index (χ1n) is 7.13. The maximum absolute atomic E-state index is 9.35. The Labute approximate surface area is 125 Å². The second-order valence-electron chi connectivity index (χ2n) is 5.00. The number of aromatic nitrogens is 2. The lowest BCUT2D eigenvalue weighted by atomic mass is 10.2. The highest BCUT2D eigenvalue weighted by Gasteiger charge is 2.11. The number of para-hydroxylation sites is 1. The number of nitrogens with zero attached hydrogens (tertiary/aromatic N) is 2. The van der Waals surface area contributed by atoms with Crippen LogP contribution in [0, 0.1) is 0 Å². The zero-order chi connectivity index (χ0) is 15.2. The van der Waals surface area contributed by atoms with Crippen molar-refractivity contribution in [1.82, 2.24) is 9.97 Å². The molecule has 21 heavy (non-hydrogen) atoms. The predicted octanol–water partition coefficient (Wildman–Crippen LogP) is 3.32. The molecule has 0 amide bonds.